The SMILES string of the molecule is CN(C)c1ccc(N=Nc2ccc(C(=O)N3CCOCC3)cc2)cc1. The Morgan fingerprint density at radius 2 is 1.44 bits per heavy atom. The number of morpholine rings is 1. The lowest BCUT2D eigenvalue weighted by Gasteiger charge is -2.26. The molecule has 0 N–H and O–H groups in total. The van der Waals surface area contributed by atoms with Crippen LogP contribution in [0.15, 0.2) is 58.8 Å². The highest BCUT2D eigenvalue weighted by Gasteiger charge is 2.18. The maximum atomic E-state index is 12.4. The Bertz CT molecular complexity index is 733. The Morgan fingerprint density at radius 1 is 0.920 bits per heavy atom. The van der Waals surface area contributed by atoms with Gasteiger partial charge in [-0.25, -0.2) is 0 Å². The molecule has 0 radical (unpaired) electrons. The third-order valence-corrected chi connectivity index (χ3v) is 4.06. The van der Waals surface area contributed by atoms with Gasteiger partial charge in [0.05, 0.1) is 24.6 Å². The van der Waals surface area contributed by atoms with Crippen LogP contribution in [-0.2, 0) is 4.74 Å². The molecule has 0 saturated carbocycles. The van der Waals surface area contributed by atoms with Gasteiger partial charge in [-0.2, -0.15) is 10.2 Å². The molecular weight excluding hydrogens is 316 g/mol. The fraction of sp³-hybridized carbons (Fsp3) is 0.316. The van der Waals surface area contributed by atoms with Gasteiger partial charge in [0.2, 0.25) is 0 Å². The van der Waals surface area contributed by atoms with Crippen molar-refractivity contribution in [2.75, 3.05) is 45.3 Å². The molecule has 0 aromatic heterocycles. The Labute approximate surface area is 147 Å². The number of carbonyl (C=O) groups is 1. The first-order valence-electron chi connectivity index (χ1n) is 8.30. The van der Waals surface area contributed by atoms with Crippen molar-refractivity contribution in [3.63, 3.8) is 0 Å². The van der Waals surface area contributed by atoms with E-state index >= 15 is 0 Å². The van der Waals surface area contributed by atoms with Crippen LogP contribution in [0.4, 0.5) is 17.1 Å². The summed E-state index contributed by atoms with van der Waals surface area (Å²) in [6, 6.07) is 15.1. The van der Waals surface area contributed by atoms with Crippen LogP contribution in [-0.4, -0.2) is 51.2 Å². The average Bonchev–Trinajstić information content (AvgIpc) is 2.67. The predicted molar refractivity (Wildman–Crippen MR) is 98.1 cm³/mol. The predicted octanol–water partition coefficient (Wildman–Crippen LogP) is 3.64. The van der Waals surface area contributed by atoms with E-state index in [0.717, 1.165) is 17.1 Å². The lowest BCUT2D eigenvalue weighted by atomic mass is 10.2. The van der Waals surface area contributed by atoms with Gasteiger partial charge in [-0.15, -0.1) is 0 Å². The van der Waals surface area contributed by atoms with Gasteiger partial charge in [0.25, 0.3) is 5.91 Å². The van der Waals surface area contributed by atoms with Gasteiger partial charge in [-0.3, -0.25) is 4.79 Å². The van der Waals surface area contributed by atoms with Crippen LogP contribution >= 0.6 is 0 Å². The van der Waals surface area contributed by atoms with Crippen LogP contribution in [0.3, 0.4) is 0 Å². The number of rotatable bonds is 4. The highest BCUT2D eigenvalue weighted by atomic mass is 16.5. The Morgan fingerprint density at radius 3 is 1.96 bits per heavy atom. The normalized spacial score (nSPS) is 14.7. The van der Waals surface area contributed by atoms with Crippen LogP contribution in [0.2, 0.25) is 0 Å². The molecule has 0 atom stereocenters. The van der Waals surface area contributed by atoms with Crippen LogP contribution in [0.5, 0.6) is 0 Å². The van der Waals surface area contributed by atoms with E-state index in [2.05, 4.69) is 10.2 Å². The zero-order valence-corrected chi connectivity index (χ0v) is 14.6. The number of amides is 1. The molecule has 6 heteroatoms. The van der Waals surface area contributed by atoms with E-state index < -0.39 is 0 Å². The topological polar surface area (TPSA) is 57.5 Å². The van der Waals surface area contributed by atoms with E-state index in [1.54, 1.807) is 12.1 Å². The molecule has 6 nitrogen and oxygen atoms in total. The summed E-state index contributed by atoms with van der Waals surface area (Å²) in [7, 11) is 3.99. The number of hydrogen-bond acceptors (Lipinski definition) is 5. The molecule has 1 aliphatic heterocycles. The van der Waals surface area contributed by atoms with Crippen molar-refractivity contribution in [3.05, 3.63) is 54.1 Å². The highest BCUT2D eigenvalue weighted by Crippen LogP contribution is 2.22. The molecule has 0 spiro atoms. The van der Waals surface area contributed by atoms with E-state index in [9.17, 15) is 4.79 Å². The minimum absolute atomic E-state index is 0.0334. The molecule has 0 unspecified atom stereocenters. The lowest BCUT2D eigenvalue weighted by molar-refractivity contribution is 0.0303. The van der Waals surface area contributed by atoms with E-state index in [4.69, 9.17) is 4.74 Å². The summed E-state index contributed by atoms with van der Waals surface area (Å²) >= 11 is 0. The summed E-state index contributed by atoms with van der Waals surface area (Å²) in [5, 5.41) is 8.47. The molecule has 2 aromatic rings. The van der Waals surface area contributed by atoms with E-state index in [1.807, 2.05) is 60.3 Å². The number of ether oxygens (including phenoxy) is 1. The maximum absolute atomic E-state index is 12.4. The molecule has 2 aromatic carbocycles. The zero-order valence-electron chi connectivity index (χ0n) is 14.6. The highest BCUT2D eigenvalue weighted by molar-refractivity contribution is 5.94. The van der Waals surface area contributed by atoms with Gasteiger partial charge in [0.15, 0.2) is 0 Å². The second kappa shape index (κ2) is 7.90. The van der Waals surface area contributed by atoms with Gasteiger partial charge >= 0.3 is 0 Å². The molecule has 1 amide bonds. The summed E-state index contributed by atoms with van der Waals surface area (Å²) in [6.45, 7) is 2.49. The molecule has 25 heavy (non-hydrogen) atoms. The van der Waals surface area contributed by atoms with Gasteiger partial charge in [-0.05, 0) is 48.5 Å². The van der Waals surface area contributed by atoms with Crippen LogP contribution < -0.4 is 4.90 Å². The maximum Gasteiger partial charge on any atom is 0.254 e. The smallest absolute Gasteiger partial charge is 0.254 e. The lowest BCUT2D eigenvalue weighted by Crippen LogP contribution is -2.40. The monoisotopic (exact) mass is 338 g/mol. The molecule has 130 valence electrons. The van der Waals surface area contributed by atoms with Crippen molar-refractivity contribution in [2.24, 2.45) is 10.2 Å². The van der Waals surface area contributed by atoms with E-state index in [-0.39, 0.29) is 5.91 Å². The van der Waals surface area contributed by atoms with Gasteiger partial charge < -0.3 is 14.5 Å². The quantitative estimate of drug-likeness (QED) is 0.800. The molecular formula is C19H22N4O2. The van der Waals surface area contributed by atoms with Gasteiger partial charge in [0.1, 0.15) is 0 Å². The fourth-order valence-corrected chi connectivity index (χ4v) is 2.55. The minimum Gasteiger partial charge on any atom is -0.378 e. The Balaban J connectivity index is 1.64. The number of anilines is 1. The molecule has 1 fully saturated rings. The number of nitrogens with zero attached hydrogens (tertiary/aromatic N) is 4. The molecule has 1 aliphatic rings. The number of benzene rings is 2. The van der Waals surface area contributed by atoms with Crippen LogP contribution in [0, 0.1) is 0 Å². The second-order valence-corrected chi connectivity index (χ2v) is 6.06. The van der Waals surface area contributed by atoms with Crippen molar-refractivity contribution >= 4 is 23.0 Å². The summed E-state index contributed by atoms with van der Waals surface area (Å²) < 4.78 is 5.28. The first kappa shape index (κ1) is 17.1. The average molecular weight is 338 g/mol. The number of hydrogen-bond donors (Lipinski definition) is 0. The van der Waals surface area contributed by atoms with Crippen molar-refractivity contribution < 1.29 is 9.53 Å². The van der Waals surface area contributed by atoms with Crippen LogP contribution in [0.25, 0.3) is 0 Å². The number of azo groups is 1. The molecule has 3 rings (SSSR count). The van der Waals surface area contributed by atoms with Crippen molar-refractivity contribution in [1.82, 2.24) is 4.90 Å². The third kappa shape index (κ3) is 4.42. The fourth-order valence-electron chi connectivity index (χ4n) is 2.55. The standard InChI is InChI=1S/C19H22N4O2/c1-22(2)18-9-7-17(8-10-18)21-20-16-5-3-15(4-6-16)19(24)23-11-13-25-14-12-23/h3-10H,11-14H2,1-2H3. The minimum atomic E-state index is 0.0334. The zero-order chi connectivity index (χ0) is 17.6. The second-order valence-electron chi connectivity index (χ2n) is 6.06. The molecule has 1 saturated heterocycles. The molecule has 0 aliphatic carbocycles. The summed E-state index contributed by atoms with van der Waals surface area (Å²) in [6.07, 6.45) is 0. The van der Waals surface area contributed by atoms with Crippen molar-refractivity contribution in [1.29, 1.82) is 0 Å². The molecule has 1 heterocycles. The van der Waals surface area contributed by atoms with Crippen molar-refractivity contribution in [3.8, 4) is 0 Å². The van der Waals surface area contributed by atoms with Crippen molar-refractivity contribution in [2.45, 2.75) is 0 Å². The summed E-state index contributed by atoms with van der Waals surface area (Å²) in [5.74, 6) is 0.0334. The summed E-state index contributed by atoms with van der Waals surface area (Å²) in [4.78, 5) is 16.2. The summed E-state index contributed by atoms with van der Waals surface area (Å²) in [5.41, 5.74) is 3.29. The van der Waals surface area contributed by atoms with E-state index in [0.29, 0.717) is 31.9 Å². The largest absolute Gasteiger partial charge is 0.378 e. The molecule has 0 bridgehead atoms. The van der Waals surface area contributed by atoms with Gasteiger partial charge in [-0.1, -0.05) is 0 Å². The number of carbonyl (C=O) groups excluding carboxylic acids is 1. The Kier molecular flexibility index (Phi) is 5.40. The van der Waals surface area contributed by atoms with E-state index in [1.165, 1.54) is 0 Å². The first-order valence-corrected chi connectivity index (χ1v) is 8.30. The third-order valence-electron chi connectivity index (χ3n) is 4.06. The van der Waals surface area contributed by atoms with Crippen LogP contribution in [0.1, 0.15) is 10.4 Å². The van der Waals surface area contributed by atoms with Gasteiger partial charge in [0, 0.05) is 38.4 Å². The Hall–Kier alpha value is -2.73. The first-order chi connectivity index (χ1) is 12.1.